The Labute approximate surface area is 137 Å². The third kappa shape index (κ3) is 3.87. The van der Waals surface area contributed by atoms with Gasteiger partial charge in [-0.2, -0.15) is 0 Å². The molecule has 0 bridgehead atoms. The third-order valence-corrected chi connectivity index (χ3v) is 5.22. The van der Waals surface area contributed by atoms with Crippen LogP contribution < -0.4 is 4.31 Å². The molecule has 0 aliphatic rings. The maximum absolute atomic E-state index is 13.0. The smallest absolute Gasteiger partial charge is 0.264 e. The second-order valence-electron chi connectivity index (χ2n) is 5.13. The fourth-order valence-electron chi connectivity index (χ4n) is 2.13. The Bertz CT molecular complexity index is 808. The predicted octanol–water partition coefficient (Wildman–Crippen LogP) is 3.58. The second-order valence-corrected chi connectivity index (χ2v) is 6.99. The molecular formula is C18H19NO3S. The molecule has 4 nitrogen and oxygen atoms in total. The average molecular weight is 329 g/mol. The standard InChI is InChI=1S/C18H19NO3S/c1-3-4-12-19(17-7-5-6-16(13-17)14-20)23(21,22)18-10-8-15(2)9-11-18/h3-11,13-14H,12H2,1-2H3. The predicted molar refractivity (Wildman–Crippen MR) is 92.4 cm³/mol. The van der Waals surface area contributed by atoms with Gasteiger partial charge in [-0.1, -0.05) is 42.0 Å². The molecule has 120 valence electrons. The van der Waals surface area contributed by atoms with Crippen LogP contribution in [0.5, 0.6) is 0 Å². The van der Waals surface area contributed by atoms with Gasteiger partial charge in [-0.25, -0.2) is 8.42 Å². The number of sulfonamides is 1. The second kappa shape index (κ2) is 7.24. The first kappa shape index (κ1) is 17.0. The number of anilines is 1. The van der Waals surface area contributed by atoms with E-state index in [1.807, 2.05) is 13.8 Å². The van der Waals surface area contributed by atoms with Crippen LogP contribution in [0.15, 0.2) is 65.6 Å². The van der Waals surface area contributed by atoms with Crippen LogP contribution in [0.3, 0.4) is 0 Å². The maximum Gasteiger partial charge on any atom is 0.264 e. The number of benzene rings is 2. The molecular weight excluding hydrogens is 310 g/mol. The molecule has 0 radical (unpaired) electrons. The van der Waals surface area contributed by atoms with Crippen molar-refractivity contribution in [2.24, 2.45) is 0 Å². The van der Waals surface area contributed by atoms with E-state index < -0.39 is 10.0 Å². The van der Waals surface area contributed by atoms with E-state index in [0.29, 0.717) is 17.5 Å². The topological polar surface area (TPSA) is 54.5 Å². The highest BCUT2D eigenvalue weighted by Gasteiger charge is 2.24. The van der Waals surface area contributed by atoms with Gasteiger partial charge in [0.2, 0.25) is 0 Å². The molecule has 0 saturated carbocycles. The summed E-state index contributed by atoms with van der Waals surface area (Å²) >= 11 is 0. The fourth-order valence-corrected chi connectivity index (χ4v) is 3.54. The summed E-state index contributed by atoms with van der Waals surface area (Å²) in [5.74, 6) is 0. The molecule has 0 unspecified atom stereocenters. The largest absolute Gasteiger partial charge is 0.298 e. The van der Waals surface area contributed by atoms with E-state index in [-0.39, 0.29) is 11.4 Å². The van der Waals surface area contributed by atoms with Gasteiger partial charge < -0.3 is 0 Å². The molecule has 0 N–H and O–H groups in total. The number of carbonyl (C=O) groups excluding carboxylic acids is 1. The number of rotatable bonds is 6. The van der Waals surface area contributed by atoms with Gasteiger partial charge in [-0.15, -0.1) is 0 Å². The highest BCUT2D eigenvalue weighted by atomic mass is 32.2. The van der Waals surface area contributed by atoms with Gasteiger partial charge in [0.1, 0.15) is 6.29 Å². The highest BCUT2D eigenvalue weighted by molar-refractivity contribution is 7.92. The van der Waals surface area contributed by atoms with Crippen molar-refractivity contribution < 1.29 is 13.2 Å². The third-order valence-electron chi connectivity index (χ3n) is 3.41. The minimum absolute atomic E-state index is 0.203. The molecule has 0 atom stereocenters. The van der Waals surface area contributed by atoms with Gasteiger partial charge in [-0.3, -0.25) is 9.10 Å². The van der Waals surface area contributed by atoms with Gasteiger partial charge in [0, 0.05) is 5.56 Å². The van der Waals surface area contributed by atoms with Gasteiger partial charge in [0.15, 0.2) is 0 Å². The van der Waals surface area contributed by atoms with Crippen molar-refractivity contribution in [3.8, 4) is 0 Å². The van der Waals surface area contributed by atoms with E-state index in [9.17, 15) is 13.2 Å². The Balaban J connectivity index is 2.52. The lowest BCUT2D eigenvalue weighted by atomic mass is 10.2. The molecule has 0 fully saturated rings. The molecule has 0 spiro atoms. The minimum Gasteiger partial charge on any atom is -0.298 e. The summed E-state index contributed by atoms with van der Waals surface area (Å²) in [6.45, 7) is 3.94. The molecule has 0 aliphatic heterocycles. The lowest BCUT2D eigenvalue weighted by Gasteiger charge is -2.23. The van der Waals surface area contributed by atoms with Crippen molar-refractivity contribution in [2.75, 3.05) is 10.8 Å². The molecule has 0 aliphatic carbocycles. The Morgan fingerprint density at radius 3 is 2.39 bits per heavy atom. The van der Waals surface area contributed by atoms with Crippen LogP contribution in [-0.4, -0.2) is 21.2 Å². The Hall–Kier alpha value is -2.40. The van der Waals surface area contributed by atoms with E-state index >= 15 is 0 Å². The maximum atomic E-state index is 13.0. The van der Waals surface area contributed by atoms with E-state index in [1.54, 1.807) is 60.7 Å². The molecule has 2 aromatic carbocycles. The van der Waals surface area contributed by atoms with E-state index in [2.05, 4.69) is 0 Å². The van der Waals surface area contributed by atoms with Crippen LogP contribution >= 0.6 is 0 Å². The summed E-state index contributed by atoms with van der Waals surface area (Å²) in [6, 6.07) is 13.3. The van der Waals surface area contributed by atoms with Crippen molar-refractivity contribution in [1.29, 1.82) is 0 Å². The first-order valence-corrected chi connectivity index (χ1v) is 8.69. The minimum atomic E-state index is -3.70. The average Bonchev–Trinajstić information content (AvgIpc) is 2.55. The number of hydrogen-bond donors (Lipinski definition) is 0. The normalized spacial score (nSPS) is 11.6. The summed E-state index contributed by atoms with van der Waals surface area (Å²) in [4.78, 5) is 11.2. The van der Waals surface area contributed by atoms with Crippen LogP contribution in [0.1, 0.15) is 22.8 Å². The fraction of sp³-hybridized carbons (Fsp3) is 0.167. The van der Waals surface area contributed by atoms with Crippen molar-refractivity contribution >= 4 is 22.0 Å². The van der Waals surface area contributed by atoms with Crippen molar-refractivity contribution in [1.82, 2.24) is 0 Å². The van der Waals surface area contributed by atoms with Crippen LogP contribution in [0.4, 0.5) is 5.69 Å². The van der Waals surface area contributed by atoms with E-state index in [4.69, 9.17) is 0 Å². The molecule has 2 aromatic rings. The molecule has 5 heteroatoms. The number of carbonyl (C=O) groups is 1. The number of hydrogen-bond acceptors (Lipinski definition) is 3. The number of aryl methyl sites for hydroxylation is 1. The lowest BCUT2D eigenvalue weighted by Crippen LogP contribution is -2.31. The van der Waals surface area contributed by atoms with E-state index in [0.717, 1.165) is 5.56 Å². The Morgan fingerprint density at radius 1 is 1.09 bits per heavy atom. The molecule has 0 aromatic heterocycles. The summed E-state index contributed by atoms with van der Waals surface area (Å²) in [6.07, 6.45) is 4.26. The van der Waals surface area contributed by atoms with Crippen LogP contribution in [0.2, 0.25) is 0 Å². The van der Waals surface area contributed by atoms with Gasteiger partial charge in [0.05, 0.1) is 17.1 Å². The quantitative estimate of drug-likeness (QED) is 0.601. The SMILES string of the molecule is CC=CCN(c1cccc(C=O)c1)S(=O)(=O)c1ccc(C)cc1. The monoisotopic (exact) mass is 329 g/mol. The zero-order chi connectivity index (χ0) is 16.9. The number of allylic oxidation sites excluding steroid dienone is 1. The van der Waals surface area contributed by atoms with Crippen LogP contribution in [-0.2, 0) is 10.0 Å². The lowest BCUT2D eigenvalue weighted by molar-refractivity contribution is 0.112. The van der Waals surface area contributed by atoms with Crippen LogP contribution in [0, 0.1) is 6.92 Å². The summed E-state index contributed by atoms with van der Waals surface area (Å²) < 4.78 is 27.2. The Morgan fingerprint density at radius 2 is 1.78 bits per heavy atom. The van der Waals surface area contributed by atoms with Gasteiger partial charge >= 0.3 is 0 Å². The first-order chi connectivity index (χ1) is 11.0. The van der Waals surface area contributed by atoms with Crippen molar-refractivity contribution in [3.63, 3.8) is 0 Å². The summed E-state index contributed by atoms with van der Waals surface area (Å²) in [5, 5.41) is 0. The number of aldehydes is 1. The molecule has 0 amide bonds. The molecule has 0 saturated heterocycles. The molecule has 0 heterocycles. The Kier molecular flexibility index (Phi) is 5.34. The zero-order valence-corrected chi connectivity index (χ0v) is 14.0. The van der Waals surface area contributed by atoms with E-state index in [1.165, 1.54) is 4.31 Å². The zero-order valence-electron chi connectivity index (χ0n) is 13.1. The van der Waals surface area contributed by atoms with Crippen molar-refractivity contribution in [2.45, 2.75) is 18.7 Å². The number of nitrogens with zero attached hydrogens (tertiary/aromatic N) is 1. The summed E-state index contributed by atoms with van der Waals surface area (Å²) in [7, 11) is -3.70. The molecule has 2 rings (SSSR count). The van der Waals surface area contributed by atoms with Crippen LogP contribution in [0.25, 0.3) is 0 Å². The first-order valence-electron chi connectivity index (χ1n) is 7.25. The van der Waals surface area contributed by atoms with Gasteiger partial charge in [0.25, 0.3) is 10.0 Å². The molecule has 23 heavy (non-hydrogen) atoms. The van der Waals surface area contributed by atoms with Crippen molar-refractivity contribution in [3.05, 3.63) is 71.8 Å². The van der Waals surface area contributed by atoms with Gasteiger partial charge in [-0.05, 0) is 38.1 Å². The highest BCUT2D eigenvalue weighted by Crippen LogP contribution is 2.24. The summed E-state index contributed by atoms with van der Waals surface area (Å²) in [5.41, 5.74) is 1.90.